The van der Waals surface area contributed by atoms with Gasteiger partial charge in [0.15, 0.2) is 0 Å². The minimum Gasteiger partial charge on any atom is -0.350 e. The molecule has 5 rings (SSSR count). The van der Waals surface area contributed by atoms with Crippen LogP contribution in [-0.2, 0) is 25.7 Å². The van der Waals surface area contributed by atoms with Crippen LogP contribution in [0, 0.1) is 0 Å². The molecule has 4 heterocycles. The van der Waals surface area contributed by atoms with E-state index in [0.29, 0.717) is 11.9 Å². The Balaban J connectivity index is 1.25. The highest BCUT2D eigenvalue weighted by Gasteiger charge is 2.39. The number of anilines is 1. The Morgan fingerprint density at radius 3 is 2.50 bits per heavy atom. The number of alkyl halides is 3. The zero-order chi connectivity index (χ0) is 20.7. The molecule has 0 bridgehead atoms. The fourth-order valence-corrected chi connectivity index (χ4v) is 4.88. The van der Waals surface area contributed by atoms with Crippen molar-refractivity contribution in [1.29, 1.82) is 0 Å². The predicted molar refractivity (Wildman–Crippen MR) is 106 cm³/mol. The first-order chi connectivity index (χ1) is 14.5. The van der Waals surface area contributed by atoms with E-state index in [9.17, 15) is 13.2 Å². The first kappa shape index (κ1) is 19.8. The minimum absolute atomic E-state index is 0.228. The van der Waals surface area contributed by atoms with Gasteiger partial charge in [0.2, 0.25) is 0 Å². The number of piperidine rings is 1. The van der Waals surface area contributed by atoms with Crippen molar-refractivity contribution in [2.45, 2.75) is 76.3 Å². The molecule has 0 radical (unpaired) electrons. The lowest BCUT2D eigenvalue weighted by atomic mass is 10.0. The van der Waals surface area contributed by atoms with Gasteiger partial charge in [-0.15, -0.1) is 0 Å². The summed E-state index contributed by atoms with van der Waals surface area (Å²) in [6.45, 7) is 3.81. The van der Waals surface area contributed by atoms with Crippen molar-refractivity contribution in [3.8, 4) is 0 Å². The topological polar surface area (TPSA) is 50.1 Å². The summed E-state index contributed by atoms with van der Waals surface area (Å²) in [7, 11) is 0. The number of rotatable bonds is 5. The molecule has 2 aliphatic heterocycles. The highest BCUT2D eigenvalue weighted by atomic mass is 19.4. The van der Waals surface area contributed by atoms with Crippen molar-refractivity contribution in [3.05, 3.63) is 35.5 Å². The maximum absolute atomic E-state index is 13.1. The number of aromatic nitrogens is 4. The Bertz CT molecular complexity index is 883. The molecule has 0 aromatic carbocycles. The van der Waals surface area contributed by atoms with E-state index < -0.39 is 11.9 Å². The summed E-state index contributed by atoms with van der Waals surface area (Å²) in [6.07, 6.45) is 6.08. The number of nitrogens with zero attached hydrogens (tertiary/aromatic N) is 6. The van der Waals surface area contributed by atoms with E-state index in [-0.39, 0.29) is 6.04 Å². The number of aryl methyl sites for hydroxylation is 1. The van der Waals surface area contributed by atoms with Gasteiger partial charge < -0.3 is 4.90 Å². The SMILES string of the molecule is FC(F)(F)c1cc(N(C2CC2)C2CCN(Cc3cnn4c3CCCC4)CC2)ncn1. The van der Waals surface area contributed by atoms with Gasteiger partial charge in [0.05, 0.1) is 6.20 Å². The van der Waals surface area contributed by atoms with Crippen LogP contribution in [0.4, 0.5) is 19.0 Å². The largest absolute Gasteiger partial charge is 0.433 e. The molecule has 0 amide bonds. The van der Waals surface area contributed by atoms with Gasteiger partial charge in [0, 0.05) is 55.6 Å². The van der Waals surface area contributed by atoms with Gasteiger partial charge >= 0.3 is 6.18 Å². The van der Waals surface area contributed by atoms with Crippen molar-refractivity contribution >= 4 is 5.82 Å². The van der Waals surface area contributed by atoms with Gasteiger partial charge in [-0.25, -0.2) is 9.97 Å². The summed E-state index contributed by atoms with van der Waals surface area (Å²) in [6, 6.07) is 1.65. The quantitative estimate of drug-likeness (QED) is 0.739. The van der Waals surface area contributed by atoms with E-state index in [0.717, 1.165) is 70.7 Å². The zero-order valence-corrected chi connectivity index (χ0v) is 17.0. The van der Waals surface area contributed by atoms with Gasteiger partial charge in [-0.2, -0.15) is 18.3 Å². The summed E-state index contributed by atoms with van der Waals surface area (Å²) < 4.78 is 41.5. The van der Waals surface area contributed by atoms with Crippen LogP contribution in [0.1, 0.15) is 55.5 Å². The molecule has 9 heteroatoms. The lowest BCUT2D eigenvalue weighted by Gasteiger charge is -2.39. The van der Waals surface area contributed by atoms with E-state index >= 15 is 0 Å². The van der Waals surface area contributed by atoms with Crippen LogP contribution in [0.25, 0.3) is 0 Å². The molecule has 1 aliphatic carbocycles. The van der Waals surface area contributed by atoms with E-state index in [2.05, 4.69) is 29.5 Å². The van der Waals surface area contributed by atoms with Crippen molar-refractivity contribution < 1.29 is 13.2 Å². The molecular formula is C21H27F3N6. The molecule has 162 valence electrons. The standard InChI is InChI=1S/C21H27F3N6/c22-21(23,24)19-11-20(26-14-25-19)30(16-4-5-16)17-6-9-28(10-7-17)13-15-12-27-29-8-2-1-3-18(15)29/h11-12,14,16-17H,1-10,13H2. The highest BCUT2D eigenvalue weighted by Crippen LogP contribution is 2.37. The van der Waals surface area contributed by atoms with E-state index in [1.807, 2.05) is 6.20 Å². The maximum Gasteiger partial charge on any atom is 0.433 e. The molecule has 0 atom stereocenters. The molecule has 0 unspecified atom stereocenters. The Labute approximate surface area is 174 Å². The van der Waals surface area contributed by atoms with Crippen LogP contribution in [-0.4, -0.2) is 49.8 Å². The molecule has 2 aromatic heterocycles. The fourth-order valence-electron chi connectivity index (χ4n) is 4.88. The summed E-state index contributed by atoms with van der Waals surface area (Å²) >= 11 is 0. The number of fused-ring (bicyclic) bond motifs is 1. The minimum atomic E-state index is -4.44. The fraction of sp³-hybridized carbons (Fsp3) is 0.667. The van der Waals surface area contributed by atoms with E-state index in [4.69, 9.17) is 0 Å². The lowest BCUT2D eigenvalue weighted by Crippen LogP contribution is -2.46. The summed E-state index contributed by atoms with van der Waals surface area (Å²) in [4.78, 5) is 12.2. The zero-order valence-electron chi connectivity index (χ0n) is 17.0. The summed E-state index contributed by atoms with van der Waals surface area (Å²) in [5.74, 6) is 0.420. The van der Waals surface area contributed by atoms with Crippen LogP contribution in [0.3, 0.4) is 0 Å². The van der Waals surface area contributed by atoms with Gasteiger partial charge in [0.25, 0.3) is 0 Å². The Morgan fingerprint density at radius 2 is 1.77 bits per heavy atom. The van der Waals surface area contributed by atoms with Crippen molar-refractivity contribution in [1.82, 2.24) is 24.6 Å². The summed E-state index contributed by atoms with van der Waals surface area (Å²) in [5.41, 5.74) is 1.85. The Morgan fingerprint density at radius 1 is 1.00 bits per heavy atom. The average Bonchev–Trinajstić information content (AvgIpc) is 3.50. The number of likely N-dealkylation sites (tertiary alicyclic amines) is 1. The molecule has 0 spiro atoms. The van der Waals surface area contributed by atoms with Crippen molar-refractivity contribution in [3.63, 3.8) is 0 Å². The molecule has 1 saturated carbocycles. The van der Waals surface area contributed by atoms with Crippen molar-refractivity contribution in [2.75, 3.05) is 18.0 Å². The number of halogens is 3. The third-order valence-electron chi connectivity index (χ3n) is 6.56. The molecule has 0 N–H and O–H groups in total. The first-order valence-corrected chi connectivity index (χ1v) is 10.9. The molecule has 2 fully saturated rings. The second-order valence-electron chi connectivity index (χ2n) is 8.70. The van der Waals surface area contributed by atoms with Crippen molar-refractivity contribution in [2.24, 2.45) is 0 Å². The lowest BCUT2D eigenvalue weighted by molar-refractivity contribution is -0.141. The van der Waals surface area contributed by atoms with Gasteiger partial charge in [-0.05, 0) is 44.9 Å². The number of hydrogen-bond donors (Lipinski definition) is 0. The second kappa shape index (κ2) is 7.83. The van der Waals surface area contributed by atoms with E-state index in [1.54, 1.807) is 0 Å². The first-order valence-electron chi connectivity index (χ1n) is 10.9. The molecular weight excluding hydrogens is 393 g/mol. The average molecular weight is 420 g/mol. The van der Waals surface area contributed by atoms with Crippen LogP contribution in [0.2, 0.25) is 0 Å². The van der Waals surface area contributed by atoms with Gasteiger partial charge in [0.1, 0.15) is 17.8 Å². The second-order valence-corrected chi connectivity index (χ2v) is 8.70. The molecule has 30 heavy (non-hydrogen) atoms. The Kier molecular flexibility index (Phi) is 5.16. The normalized spacial score (nSPS) is 20.9. The highest BCUT2D eigenvalue weighted by molar-refractivity contribution is 5.44. The van der Waals surface area contributed by atoms with Crippen LogP contribution < -0.4 is 4.90 Å². The maximum atomic E-state index is 13.1. The Hall–Kier alpha value is -2.16. The monoisotopic (exact) mass is 420 g/mol. The van der Waals surface area contributed by atoms with Crippen LogP contribution in [0.15, 0.2) is 18.6 Å². The molecule has 6 nitrogen and oxygen atoms in total. The third-order valence-corrected chi connectivity index (χ3v) is 6.56. The molecule has 2 aromatic rings. The predicted octanol–water partition coefficient (Wildman–Crippen LogP) is 3.66. The number of hydrogen-bond acceptors (Lipinski definition) is 5. The molecule has 3 aliphatic rings. The molecule has 1 saturated heterocycles. The van der Waals surface area contributed by atoms with Gasteiger partial charge in [-0.1, -0.05) is 0 Å². The smallest absolute Gasteiger partial charge is 0.350 e. The van der Waals surface area contributed by atoms with Crippen LogP contribution in [0.5, 0.6) is 0 Å². The third kappa shape index (κ3) is 4.04. The van der Waals surface area contributed by atoms with E-state index in [1.165, 1.54) is 24.1 Å². The van der Waals surface area contributed by atoms with Crippen LogP contribution >= 0.6 is 0 Å². The summed E-state index contributed by atoms with van der Waals surface area (Å²) in [5, 5.41) is 4.54. The van der Waals surface area contributed by atoms with Gasteiger partial charge in [-0.3, -0.25) is 9.58 Å².